The van der Waals surface area contributed by atoms with E-state index in [1.165, 1.54) is 0 Å². The Hall–Kier alpha value is -1.10. The summed E-state index contributed by atoms with van der Waals surface area (Å²) in [5.41, 5.74) is 0. The van der Waals surface area contributed by atoms with Crippen LogP contribution < -0.4 is 5.32 Å². The van der Waals surface area contributed by atoms with Gasteiger partial charge in [0.2, 0.25) is 5.91 Å². The molecule has 0 unspecified atom stereocenters. The van der Waals surface area contributed by atoms with Crippen LogP contribution in [-0.4, -0.2) is 35.9 Å². The number of aromatic nitrogens is 1. The van der Waals surface area contributed by atoms with Crippen molar-refractivity contribution in [3.8, 4) is 0 Å². The minimum Gasteiger partial charge on any atom is -0.359 e. The molecule has 0 aromatic carbocycles. The van der Waals surface area contributed by atoms with Crippen molar-refractivity contribution in [1.29, 1.82) is 0 Å². The van der Waals surface area contributed by atoms with E-state index in [4.69, 9.17) is 0 Å². The molecule has 82 valence electrons. The molecule has 1 amide bonds. The van der Waals surface area contributed by atoms with E-state index >= 15 is 0 Å². The van der Waals surface area contributed by atoms with Crippen LogP contribution in [0.5, 0.6) is 0 Å². The molecule has 1 heterocycles. The van der Waals surface area contributed by atoms with Gasteiger partial charge in [-0.1, -0.05) is 15.9 Å². The highest BCUT2D eigenvalue weighted by Gasteiger charge is 2.14. The molecule has 0 aliphatic carbocycles. The lowest BCUT2D eigenvalue weighted by Gasteiger charge is -2.18. The Labute approximate surface area is 97.8 Å². The molecule has 1 rings (SSSR count). The first kappa shape index (κ1) is 12.0. The van der Waals surface area contributed by atoms with Crippen LogP contribution in [0.2, 0.25) is 0 Å². The van der Waals surface area contributed by atoms with E-state index in [9.17, 15) is 4.79 Å². The molecule has 0 spiro atoms. The SMILES string of the molecule is C[C@H](Nc1cc(Br)ccn1)C(=O)N(C)C. The van der Waals surface area contributed by atoms with Crippen molar-refractivity contribution >= 4 is 27.7 Å². The van der Waals surface area contributed by atoms with Gasteiger partial charge in [-0.3, -0.25) is 4.79 Å². The fraction of sp³-hybridized carbons (Fsp3) is 0.400. The number of hydrogen-bond donors (Lipinski definition) is 1. The van der Waals surface area contributed by atoms with E-state index in [-0.39, 0.29) is 11.9 Å². The van der Waals surface area contributed by atoms with Crippen LogP contribution in [0.15, 0.2) is 22.8 Å². The molecule has 0 radical (unpaired) electrons. The number of pyridine rings is 1. The first-order valence-corrected chi connectivity index (χ1v) is 5.39. The number of carbonyl (C=O) groups is 1. The highest BCUT2D eigenvalue weighted by molar-refractivity contribution is 9.10. The molecule has 0 fully saturated rings. The smallest absolute Gasteiger partial charge is 0.244 e. The van der Waals surface area contributed by atoms with Crippen molar-refractivity contribution in [1.82, 2.24) is 9.88 Å². The van der Waals surface area contributed by atoms with Crippen molar-refractivity contribution in [3.63, 3.8) is 0 Å². The second kappa shape index (κ2) is 5.11. The number of nitrogens with zero attached hydrogens (tertiary/aromatic N) is 2. The number of likely N-dealkylation sites (N-methyl/N-ethyl adjacent to an activating group) is 1. The minimum absolute atomic E-state index is 0.0248. The van der Waals surface area contributed by atoms with Gasteiger partial charge in [-0.15, -0.1) is 0 Å². The summed E-state index contributed by atoms with van der Waals surface area (Å²) in [4.78, 5) is 17.2. The topological polar surface area (TPSA) is 45.2 Å². The van der Waals surface area contributed by atoms with Gasteiger partial charge in [0.15, 0.2) is 0 Å². The quantitative estimate of drug-likeness (QED) is 0.911. The average molecular weight is 272 g/mol. The fourth-order valence-corrected chi connectivity index (χ4v) is 1.49. The predicted octanol–water partition coefficient (Wildman–Crippen LogP) is 1.73. The third-order valence-electron chi connectivity index (χ3n) is 1.90. The number of anilines is 1. The molecule has 0 saturated heterocycles. The molecular formula is C10H14BrN3O. The summed E-state index contributed by atoms with van der Waals surface area (Å²) in [6.45, 7) is 1.81. The molecule has 4 nitrogen and oxygen atoms in total. The highest BCUT2D eigenvalue weighted by Crippen LogP contribution is 2.13. The van der Waals surface area contributed by atoms with Crippen LogP contribution >= 0.6 is 15.9 Å². The molecular weight excluding hydrogens is 258 g/mol. The number of carbonyl (C=O) groups excluding carboxylic acids is 1. The molecule has 1 atom stereocenters. The molecule has 1 aromatic rings. The molecule has 1 aromatic heterocycles. The Morgan fingerprint density at radius 1 is 1.60 bits per heavy atom. The highest BCUT2D eigenvalue weighted by atomic mass is 79.9. The normalized spacial score (nSPS) is 12.0. The number of nitrogens with one attached hydrogen (secondary N) is 1. The van der Waals surface area contributed by atoms with Crippen molar-refractivity contribution in [2.75, 3.05) is 19.4 Å². The Morgan fingerprint density at radius 2 is 2.27 bits per heavy atom. The van der Waals surface area contributed by atoms with E-state index in [0.717, 1.165) is 4.47 Å². The van der Waals surface area contributed by atoms with E-state index in [1.54, 1.807) is 25.2 Å². The third kappa shape index (κ3) is 3.51. The third-order valence-corrected chi connectivity index (χ3v) is 2.39. The number of amides is 1. The first-order valence-electron chi connectivity index (χ1n) is 4.60. The van der Waals surface area contributed by atoms with Gasteiger partial charge in [0.1, 0.15) is 11.9 Å². The summed E-state index contributed by atoms with van der Waals surface area (Å²) in [5.74, 6) is 0.712. The van der Waals surface area contributed by atoms with Gasteiger partial charge >= 0.3 is 0 Å². The van der Waals surface area contributed by atoms with Crippen LogP contribution in [0.25, 0.3) is 0 Å². The molecule has 0 bridgehead atoms. The van der Waals surface area contributed by atoms with Gasteiger partial charge < -0.3 is 10.2 Å². The monoisotopic (exact) mass is 271 g/mol. The van der Waals surface area contributed by atoms with Crippen LogP contribution in [0, 0.1) is 0 Å². The number of hydrogen-bond acceptors (Lipinski definition) is 3. The lowest BCUT2D eigenvalue weighted by molar-refractivity contribution is -0.129. The largest absolute Gasteiger partial charge is 0.359 e. The van der Waals surface area contributed by atoms with Gasteiger partial charge in [0, 0.05) is 24.8 Å². The van der Waals surface area contributed by atoms with Crippen molar-refractivity contribution < 1.29 is 4.79 Å². The van der Waals surface area contributed by atoms with E-state index in [0.29, 0.717) is 5.82 Å². The zero-order valence-corrected chi connectivity index (χ0v) is 10.6. The van der Waals surface area contributed by atoms with E-state index in [2.05, 4.69) is 26.2 Å². The van der Waals surface area contributed by atoms with Crippen LogP contribution in [0.1, 0.15) is 6.92 Å². The molecule has 5 heteroatoms. The maximum absolute atomic E-state index is 11.6. The van der Waals surface area contributed by atoms with Gasteiger partial charge in [0.05, 0.1) is 0 Å². The van der Waals surface area contributed by atoms with Gasteiger partial charge in [-0.2, -0.15) is 0 Å². The summed E-state index contributed by atoms with van der Waals surface area (Å²) >= 11 is 3.34. The molecule has 15 heavy (non-hydrogen) atoms. The lowest BCUT2D eigenvalue weighted by atomic mass is 10.3. The van der Waals surface area contributed by atoms with E-state index in [1.807, 2.05) is 19.1 Å². The minimum atomic E-state index is -0.276. The van der Waals surface area contributed by atoms with Gasteiger partial charge in [-0.25, -0.2) is 4.98 Å². The summed E-state index contributed by atoms with van der Waals surface area (Å²) in [7, 11) is 3.46. The number of halogens is 1. The zero-order chi connectivity index (χ0) is 11.4. The summed E-state index contributed by atoms with van der Waals surface area (Å²) in [6.07, 6.45) is 1.68. The molecule has 0 aliphatic heterocycles. The second-order valence-corrected chi connectivity index (χ2v) is 4.37. The maximum atomic E-state index is 11.6. The summed E-state index contributed by atoms with van der Waals surface area (Å²) in [6, 6.07) is 3.39. The van der Waals surface area contributed by atoms with E-state index < -0.39 is 0 Å². The predicted molar refractivity (Wildman–Crippen MR) is 63.7 cm³/mol. The van der Waals surface area contributed by atoms with Gasteiger partial charge in [-0.05, 0) is 19.1 Å². The van der Waals surface area contributed by atoms with Crippen LogP contribution in [0.4, 0.5) is 5.82 Å². The summed E-state index contributed by atoms with van der Waals surface area (Å²) in [5, 5.41) is 3.03. The van der Waals surface area contributed by atoms with Crippen LogP contribution in [-0.2, 0) is 4.79 Å². The average Bonchev–Trinajstić information content (AvgIpc) is 2.16. The second-order valence-electron chi connectivity index (χ2n) is 3.46. The molecule has 0 aliphatic rings. The fourth-order valence-electron chi connectivity index (χ4n) is 1.15. The van der Waals surface area contributed by atoms with Crippen LogP contribution in [0.3, 0.4) is 0 Å². The first-order chi connectivity index (χ1) is 7.00. The lowest BCUT2D eigenvalue weighted by Crippen LogP contribution is -2.36. The van der Waals surface area contributed by atoms with Gasteiger partial charge in [0.25, 0.3) is 0 Å². The van der Waals surface area contributed by atoms with Crippen molar-refractivity contribution in [2.24, 2.45) is 0 Å². The Kier molecular flexibility index (Phi) is 4.08. The Balaban J connectivity index is 2.66. The van der Waals surface area contributed by atoms with Crippen molar-refractivity contribution in [2.45, 2.75) is 13.0 Å². The Morgan fingerprint density at radius 3 is 2.80 bits per heavy atom. The number of rotatable bonds is 3. The zero-order valence-electron chi connectivity index (χ0n) is 8.99. The standard InChI is InChI=1S/C10H14BrN3O/c1-7(10(15)14(2)3)13-9-6-8(11)4-5-12-9/h4-7H,1-3H3,(H,12,13)/t7-/m0/s1. The Bertz CT molecular complexity index is 354. The molecule has 0 saturated carbocycles. The van der Waals surface area contributed by atoms with Crippen molar-refractivity contribution in [3.05, 3.63) is 22.8 Å². The maximum Gasteiger partial charge on any atom is 0.244 e. The molecule has 1 N–H and O–H groups in total. The summed E-state index contributed by atoms with van der Waals surface area (Å²) < 4.78 is 0.935.